The lowest BCUT2D eigenvalue weighted by Gasteiger charge is -2.55. The van der Waals surface area contributed by atoms with Gasteiger partial charge >= 0.3 is 6.09 Å². The molecule has 1 amide bonds. The van der Waals surface area contributed by atoms with E-state index in [-0.39, 0.29) is 11.5 Å². The van der Waals surface area contributed by atoms with Gasteiger partial charge in [0.15, 0.2) is 0 Å². The van der Waals surface area contributed by atoms with Crippen molar-refractivity contribution >= 4 is 6.09 Å². The number of unbranched alkanes of at least 4 members (excludes halogenated alkanes) is 4. The molecule has 156 valence electrons. The zero-order valence-corrected chi connectivity index (χ0v) is 18.2. The van der Waals surface area contributed by atoms with Gasteiger partial charge in [-0.3, -0.25) is 0 Å². The molecule has 4 nitrogen and oxygen atoms in total. The van der Waals surface area contributed by atoms with Gasteiger partial charge in [-0.25, -0.2) is 4.79 Å². The van der Waals surface area contributed by atoms with Crippen LogP contribution in [-0.4, -0.2) is 32.0 Å². The Morgan fingerprint density at radius 3 is 2.67 bits per heavy atom. The van der Waals surface area contributed by atoms with Crippen LogP contribution in [0.25, 0.3) is 0 Å². The molecule has 0 spiro atoms. The van der Waals surface area contributed by atoms with Gasteiger partial charge in [-0.15, -0.1) is 0 Å². The molecular formula is C23H41NO3. The van der Waals surface area contributed by atoms with Gasteiger partial charge in [-0.05, 0) is 31.6 Å². The van der Waals surface area contributed by atoms with Crippen molar-refractivity contribution in [1.82, 2.24) is 5.32 Å². The van der Waals surface area contributed by atoms with Crippen LogP contribution in [0, 0.1) is 23.2 Å². The van der Waals surface area contributed by atoms with Gasteiger partial charge in [0.05, 0.1) is 12.7 Å². The molecule has 0 saturated carbocycles. The van der Waals surface area contributed by atoms with Crippen LogP contribution in [0.4, 0.5) is 4.79 Å². The Morgan fingerprint density at radius 2 is 1.96 bits per heavy atom. The Balaban J connectivity index is 2.00. The van der Waals surface area contributed by atoms with E-state index < -0.39 is 0 Å². The third-order valence-corrected chi connectivity index (χ3v) is 6.97. The maximum Gasteiger partial charge on any atom is 0.407 e. The van der Waals surface area contributed by atoms with E-state index >= 15 is 0 Å². The van der Waals surface area contributed by atoms with E-state index in [0.717, 1.165) is 19.3 Å². The first-order chi connectivity index (χ1) is 13.0. The van der Waals surface area contributed by atoms with Crippen LogP contribution in [0.3, 0.4) is 0 Å². The number of fused-ring (bicyclic) bond motifs is 2. The number of nitrogens with one attached hydrogen (secondary N) is 1. The molecule has 1 aliphatic carbocycles. The molecule has 1 N–H and O–H groups in total. The van der Waals surface area contributed by atoms with E-state index in [0.29, 0.717) is 43.6 Å². The molecule has 2 aliphatic rings. The summed E-state index contributed by atoms with van der Waals surface area (Å²) in [6.45, 7) is 13.0. The molecule has 1 heterocycles. The summed E-state index contributed by atoms with van der Waals surface area (Å²) in [4.78, 5) is 12.1. The second-order valence-electron chi connectivity index (χ2n) is 8.80. The van der Waals surface area contributed by atoms with Crippen LogP contribution in [0.1, 0.15) is 79.6 Å². The summed E-state index contributed by atoms with van der Waals surface area (Å²) in [5.74, 6) is 1.27. The number of alkyl carbamates (subject to hydrolysis) is 1. The molecule has 0 aromatic heterocycles. The number of ether oxygens (including phenoxy) is 2. The predicted octanol–water partition coefficient (Wildman–Crippen LogP) is 5.72. The van der Waals surface area contributed by atoms with E-state index in [1.807, 2.05) is 0 Å². The first-order valence-corrected chi connectivity index (χ1v) is 11.2. The van der Waals surface area contributed by atoms with Crippen molar-refractivity contribution in [3.63, 3.8) is 0 Å². The Hall–Kier alpha value is -1.03. The molecule has 2 bridgehead atoms. The molecule has 5 atom stereocenters. The Labute approximate surface area is 166 Å². The van der Waals surface area contributed by atoms with Crippen LogP contribution < -0.4 is 5.32 Å². The molecular weight excluding hydrogens is 338 g/mol. The highest BCUT2D eigenvalue weighted by molar-refractivity contribution is 5.67. The van der Waals surface area contributed by atoms with Crippen LogP contribution in [-0.2, 0) is 9.47 Å². The van der Waals surface area contributed by atoms with E-state index in [1.165, 1.54) is 31.3 Å². The minimum Gasteiger partial charge on any atom is -0.449 e. The summed E-state index contributed by atoms with van der Waals surface area (Å²) >= 11 is 0. The fourth-order valence-electron chi connectivity index (χ4n) is 5.04. The van der Waals surface area contributed by atoms with Crippen molar-refractivity contribution in [2.24, 2.45) is 23.2 Å². The second kappa shape index (κ2) is 10.5. The minimum atomic E-state index is -0.290. The number of amides is 1. The smallest absolute Gasteiger partial charge is 0.407 e. The monoisotopic (exact) mass is 379 g/mol. The van der Waals surface area contributed by atoms with Crippen LogP contribution >= 0.6 is 0 Å². The molecule has 4 heteroatoms. The van der Waals surface area contributed by atoms with E-state index in [9.17, 15) is 4.79 Å². The first-order valence-electron chi connectivity index (χ1n) is 11.2. The topological polar surface area (TPSA) is 47.6 Å². The summed E-state index contributed by atoms with van der Waals surface area (Å²) in [5.41, 5.74) is 1.35. The van der Waals surface area contributed by atoms with Crippen molar-refractivity contribution in [2.75, 3.05) is 19.8 Å². The molecule has 27 heavy (non-hydrogen) atoms. The maximum absolute atomic E-state index is 12.1. The Kier molecular flexibility index (Phi) is 8.65. The summed E-state index contributed by atoms with van der Waals surface area (Å²) in [7, 11) is 0. The average molecular weight is 380 g/mol. The van der Waals surface area contributed by atoms with Gasteiger partial charge < -0.3 is 14.8 Å². The number of hydrogen-bond donors (Lipinski definition) is 1. The number of allylic oxidation sites excluding steroid dienone is 1. The van der Waals surface area contributed by atoms with Gasteiger partial charge in [-0.2, -0.15) is 0 Å². The lowest BCUT2D eigenvalue weighted by Crippen LogP contribution is -2.57. The minimum absolute atomic E-state index is 0.105. The Bertz CT molecular complexity index is 504. The lowest BCUT2D eigenvalue weighted by atomic mass is 9.56. The fraction of sp³-hybridized carbons (Fsp3) is 0.870. The predicted molar refractivity (Wildman–Crippen MR) is 111 cm³/mol. The highest BCUT2D eigenvalue weighted by Crippen LogP contribution is 2.53. The zero-order valence-electron chi connectivity index (χ0n) is 18.2. The molecule has 0 radical (unpaired) electrons. The summed E-state index contributed by atoms with van der Waals surface area (Å²) < 4.78 is 12.1. The highest BCUT2D eigenvalue weighted by Gasteiger charge is 2.53. The van der Waals surface area contributed by atoms with Crippen LogP contribution in [0.2, 0.25) is 0 Å². The first kappa shape index (κ1) is 22.3. The molecule has 1 aliphatic heterocycles. The third-order valence-electron chi connectivity index (χ3n) is 6.97. The maximum atomic E-state index is 12.1. The normalized spacial score (nSPS) is 32.7. The number of hydrogen-bond acceptors (Lipinski definition) is 3. The standard InChI is InChI=1S/C23H41NO3/c1-6-8-10-11-12-20-21-17(3)14-18(4)23(15-26-20,19(21)5)16-27-22(25)24-13-9-7-2/h14,18-21H,6-13,15-16H2,1-5H3,(H,24,25)/t18-,19+,20-,21-,23+/m0/s1. The zero-order chi connectivity index (χ0) is 19.9. The van der Waals surface area contributed by atoms with Gasteiger partial charge in [0.1, 0.15) is 6.61 Å². The third kappa shape index (κ3) is 5.28. The SMILES string of the molecule is CCCCCC[C@@H]1OC[C@]2(COC(=O)NCCCC)[C@H](C)[C@@H]1C(C)=C[C@@H]2C. The van der Waals surface area contributed by atoms with Crippen molar-refractivity contribution in [3.8, 4) is 0 Å². The Morgan fingerprint density at radius 1 is 1.22 bits per heavy atom. The summed E-state index contributed by atoms with van der Waals surface area (Å²) in [6, 6.07) is 0. The second-order valence-corrected chi connectivity index (χ2v) is 8.80. The summed E-state index contributed by atoms with van der Waals surface area (Å²) in [6.07, 6.45) is 10.7. The van der Waals surface area contributed by atoms with Gasteiger partial charge in [0.2, 0.25) is 0 Å². The molecule has 0 aromatic rings. The van der Waals surface area contributed by atoms with Crippen LogP contribution in [0.15, 0.2) is 11.6 Å². The van der Waals surface area contributed by atoms with Crippen LogP contribution in [0.5, 0.6) is 0 Å². The lowest BCUT2D eigenvalue weighted by molar-refractivity contribution is -0.165. The van der Waals surface area contributed by atoms with Crippen molar-refractivity contribution in [1.29, 1.82) is 0 Å². The van der Waals surface area contributed by atoms with Gasteiger partial charge in [0.25, 0.3) is 0 Å². The average Bonchev–Trinajstić information content (AvgIpc) is 2.63. The number of rotatable bonds is 10. The van der Waals surface area contributed by atoms with E-state index in [2.05, 4.69) is 46.0 Å². The van der Waals surface area contributed by atoms with E-state index in [4.69, 9.17) is 9.47 Å². The van der Waals surface area contributed by atoms with Crippen molar-refractivity contribution in [2.45, 2.75) is 85.7 Å². The van der Waals surface area contributed by atoms with Gasteiger partial charge in [0, 0.05) is 17.9 Å². The van der Waals surface area contributed by atoms with Gasteiger partial charge in [-0.1, -0.05) is 71.4 Å². The molecule has 0 aromatic carbocycles. The molecule has 1 fully saturated rings. The van der Waals surface area contributed by atoms with Crippen molar-refractivity contribution < 1.29 is 14.3 Å². The fourth-order valence-corrected chi connectivity index (χ4v) is 5.04. The molecule has 1 saturated heterocycles. The van der Waals surface area contributed by atoms with Crippen molar-refractivity contribution in [3.05, 3.63) is 11.6 Å². The summed E-state index contributed by atoms with van der Waals surface area (Å²) in [5, 5.41) is 2.86. The number of carbonyl (C=O) groups excluding carboxylic acids is 1. The molecule has 2 rings (SSSR count). The molecule has 0 unspecified atom stereocenters. The highest BCUT2D eigenvalue weighted by atomic mass is 16.6. The van der Waals surface area contributed by atoms with E-state index in [1.54, 1.807) is 0 Å². The largest absolute Gasteiger partial charge is 0.449 e. The quantitative estimate of drug-likeness (QED) is 0.390. The number of carbonyl (C=O) groups is 1.